The van der Waals surface area contributed by atoms with E-state index in [4.69, 9.17) is 9.47 Å². The smallest absolute Gasteiger partial charge is 0.245 e. The van der Waals surface area contributed by atoms with E-state index in [2.05, 4.69) is 0 Å². The van der Waals surface area contributed by atoms with Gasteiger partial charge in [0.25, 0.3) is 0 Å². The van der Waals surface area contributed by atoms with Gasteiger partial charge in [0, 0.05) is 16.2 Å². The van der Waals surface area contributed by atoms with Gasteiger partial charge in [-0.15, -0.1) is 0 Å². The summed E-state index contributed by atoms with van der Waals surface area (Å²) in [4.78, 5) is 28.2. The topological polar surface area (TPSA) is 81.9 Å². The van der Waals surface area contributed by atoms with Crippen molar-refractivity contribution in [1.29, 1.82) is 0 Å². The van der Waals surface area contributed by atoms with Gasteiger partial charge in [-0.1, -0.05) is 66.7 Å². The average molecular weight is 456 g/mol. The van der Waals surface area contributed by atoms with E-state index in [9.17, 15) is 14.9 Å². The number of nitrogens with zero attached hydrogens (tertiary/aromatic N) is 2. The summed E-state index contributed by atoms with van der Waals surface area (Å²) in [6.07, 6.45) is 3.76. The number of fused-ring (bicyclic) bond motifs is 3. The number of carbonyl (C=O) groups is 1. The first-order valence-electron chi connectivity index (χ1n) is 11.1. The van der Waals surface area contributed by atoms with Crippen LogP contribution in [0.1, 0.15) is 27.4 Å². The number of benzene rings is 3. The molecule has 0 aliphatic carbocycles. The first kappa shape index (κ1) is 21.7. The Hall–Kier alpha value is -4.13. The molecule has 0 radical (unpaired) electrons. The molecular formula is C27H24N2O5. The molecule has 3 aromatic rings. The van der Waals surface area contributed by atoms with Gasteiger partial charge in [0.2, 0.25) is 6.04 Å². The fraction of sp³-hybridized carbons (Fsp3) is 0.222. The molecule has 0 bridgehead atoms. The van der Waals surface area contributed by atoms with Gasteiger partial charge in [-0.25, -0.2) is 0 Å². The third kappa shape index (κ3) is 3.41. The van der Waals surface area contributed by atoms with Crippen molar-refractivity contribution in [2.75, 3.05) is 19.1 Å². The third-order valence-corrected chi connectivity index (χ3v) is 6.73. The lowest BCUT2D eigenvalue weighted by atomic mass is 9.83. The van der Waals surface area contributed by atoms with Gasteiger partial charge in [-0.05, 0) is 29.3 Å². The zero-order valence-corrected chi connectivity index (χ0v) is 18.8. The lowest BCUT2D eigenvalue weighted by Crippen LogP contribution is -2.44. The minimum atomic E-state index is -1.03. The van der Waals surface area contributed by atoms with E-state index in [1.807, 2.05) is 47.4 Å². The molecule has 0 spiro atoms. The number of ether oxygens (including phenoxy) is 2. The van der Waals surface area contributed by atoms with Gasteiger partial charge in [-0.2, -0.15) is 0 Å². The number of nitro groups is 1. The first-order valence-corrected chi connectivity index (χ1v) is 11.1. The Balaban J connectivity index is 1.73. The van der Waals surface area contributed by atoms with Crippen molar-refractivity contribution in [3.63, 3.8) is 0 Å². The molecule has 2 aliphatic heterocycles. The fourth-order valence-electron chi connectivity index (χ4n) is 5.26. The summed E-state index contributed by atoms with van der Waals surface area (Å²) in [7, 11) is 3.06. The van der Waals surface area contributed by atoms with Crippen molar-refractivity contribution in [3.8, 4) is 11.5 Å². The van der Waals surface area contributed by atoms with Crippen LogP contribution >= 0.6 is 0 Å². The van der Waals surface area contributed by atoms with Crippen molar-refractivity contribution in [2.45, 2.75) is 24.0 Å². The molecule has 2 aliphatic rings. The van der Waals surface area contributed by atoms with Gasteiger partial charge in [0.05, 0.1) is 20.1 Å². The maximum Gasteiger partial charge on any atom is 0.245 e. The van der Waals surface area contributed by atoms with Crippen LogP contribution in [0, 0.1) is 10.1 Å². The van der Waals surface area contributed by atoms with Gasteiger partial charge in [0.1, 0.15) is 12.1 Å². The molecule has 172 valence electrons. The standard InChI is InChI=1S/C27H24N2O5/c1-33-22-15-13-19(16-23(22)34-2)24-25(29(31)32)21-14-12-17-8-6-7-11-20(17)28(21)26(24)27(30)18-9-4-3-5-10-18/h3-16,21,24-26H,1-2H3/t21-,24-,25+,26-/m0/s1. The van der Waals surface area contributed by atoms with Crippen LogP contribution in [0.3, 0.4) is 0 Å². The molecule has 3 aromatic carbocycles. The molecule has 2 heterocycles. The molecule has 0 N–H and O–H groups in total. The predicted octanol–water partition coefficient (Wildman–Crippen LogP) is 4.60. The Labute approximate surface area is 197 Å². The number of hydrogen-bond acceptors (Lipinski definition) is 6. The van der Waals surface area contributed by atoms with E-state index < -0.39 is 24.0 Å². The van der Waals surface area contributed by atoms with E-state index >= 15 is 0 Å². The predicted molar refractivity (Wildman–Crippen MR) is 129 cm³/mol. The van der Waals surface area contributed by atoms with Gasteiger partial charge < -0.3 is 14.4 Å². The van der Waals surface area contributed by atoms with Crippen LogP contribution in [-0.2, 0) is 0 Å². The molecule has 7 nitrogen and oxygen atoms in total. The Morgan fingerprint density at radius 1 is 0.941 bits per heavy atom. The first-order chi connectivity index (χ1) is 16.5. The quantitative estimate of drug-likeness (QED) is 0.306. The number of ketones is 1. The van der Waals surface area contributed by atoms with Crippen LogP contribution in [0.4, 0.5) is 5.69 Å². The summed E-state index contributed by atoms with van der Waals surface area (Å²) in [5.41, 5.74) is 2.93. The SMILES string of the molecule is COc1ccc([C@H]2[C@H]([N+](=O)[O-])[C@@H]3C=Cc4ccccc4N3[C@@H]2C(=O)c2ccccc2)cc1OC. The average Bonchev–Trinajstić information content (AvgIpc) is 3.24. The highest BCUT2D eigenvalue weighted by Crippen LogP contribution is 2.48. The van der Waals surface area contributed by atoms with Crippen LogP contribution in [-0.4, -0.2) is 43.1 Å². The molecule has 1 saturated heterocycles. The van der Waals surface area contributed by atoms with Crippen LogP contribution in [0.15, 0.2) is 78.9 Å². The van der Waals surface area contributed by atoms with Crippen LogP contribution < -0.4 is 14.4 Å². The Bertz CT molecular complexity index is 1270. The van der Waals surface area contributed by atoms with Gasteiger partial charge >= 0.3 is 0 Å². The normalized spacial score (nSPS) is 22.6. The number of methoxy groups -OCH3 is 2. The zero-order valence-electron chi connectivity index (χ0n) is 18.8. The highest BCUT2D eigenvalue weighted by molar-refractivity contribution is 6.04. The number of para-hydroxylation sites is 1. The number of anilines is 1. The van der Waals surface area contributed by atoms with E-state index in [0.717, 1.165) is 11.3 Å². The second-order valence-corrected chi connectivity index (χ2v) is 8.41. The summed E-state index contributed by atoms with van der Waals surface area (Å²) in [5, 5.41) is 12.5. The molecule has 0 aromatic heterocycles. The van der Waals surface area contributed by atoms with E-state index in [1.54, 1.807) is 42.5 Å². The summed E-state index contributed by atoms with van der Waals surface area (Å²) in [6.45, 7) is 0. The molecule has 1 fully saturated rings. The Morgan fingerprint density at radius 2 is 1.65 bits per heavy atom. The second kappa shape index (κ2) is 8.67. The molecule has 0 saturated carbocycles. The van der Waals surface area contributed by atoms with Crippen molar-refractivity contribution in [2.24, 2.45) is 0 Å². The number of rotatable bonds is 6. The molecule has 34 heavy (non-hydrogen) atoms. The summed E-state index contributed by atoms with van der Waals surface area (Å²) in [5.74, 6) is 0.132. The summed E-state index contributed by atoms with van der Waals surface area (Å²) >= 11 is 0. The van der Waals surface area contributed by atoms with Crippen molar-refractivity contribution >= 4 is 17.5 Å². The van der Waals surface area contributed by atoms with Crippen molar-refractivity contribution in [3.05, 3.63) is 106 Å². The van der Waals surface area contributed by atoms with Crippen LogP contribution in [0.25, 0.3) is 6.08 Å². The molecule has 0 amide bonds. The van der Waals surface area contributed by atoms with E-state index in [1.165, 1.54) is 14.2 Å². The number of carbonyl (C=O) groups excluding carboxylic acids is 1. The van der Waals surface area contributed by atoms with Crippen molar-refractivity contribution < 1.29 is 19.2 Å². The monoisotopic (exact) mass is 456 g/mol. The Morgan fingerprint density at radius 3 is 2.35 bits per heavy atom. The summed E-state index contributed by atoms with van der Waals surface area (Å²) < 4.78 is 10.8. The largest absolute Gasteiger partial charge is 0.493 e. The lowest BCUT2D eigenvalue weighted by molar-refractivity contribution is -0.524. The van der Waals surface area contributed by atoms with Gasteiger partial charge in [0.15, 0.2) is 17.3 Å². The molecular weight excluding hydrogens is 432 g/mol. The van der Waals surface area contributed by atoms with E-state index in [0.29, 0.717) is 22.6 Å². The lowest BCUT2D eigenvalue weighted by Gasteiger charge is -2.34. The second-order valence-electron chi connectivity index (χ2n) is 8.41. The summed E-state index contributed by atoms with van der Waals surface area (Å²) in [6, 6.07) is 19.6. The van der Waals surface area contributed by atoms with E-state index in [-0.39, 0.29) is 10.7 Å². The van der Waals surface area contributed by atoms with Crippen molar-refractivity contribution in [1.82, 2.24) is 0 Å². The van der Waals surface area contributed by atoms with Crippen LogP contribution in [0.2, 0.25) is 0 Å². The minimum absolute atomic E-state index is 0.153. The molecule has 4 atom stereocenters. The van der Waals surface area contributed by atoms with Crippen LogP contribution in [0.5, 0.6) is 11.5 Å². The minimum Gasteiger partial charge on any atom is -0.493 e. The Kier molecular flexibility index (Phi) is 5.53. The molecule has 0 unspecified atom stereocenters. The maximum atomic E-state index is 14.0. The highest BCUT2D eigenvalue weighted by Gasteiger charge is 2.59. The fourth-order valence-corrected chi connectivity index (χ4v) is 5.26. The number of hydrogen-bond donors (Lipinski definition) is 0. The molecule has 7 heteroatoms. The maximum absolute atomic E-state index is 14.0. The third-order valence-electron chi connectivity index (χ3n) is 6.73. The highest BCUT2D eigenvalue weighted by atomic mass is 16.6. The van der Waals surface area contributed by atoms with Gasteiger partial charge in [-0.3, -0.25) is 14.9 Å². The number of Topliss-reactive ketones (excluding diaryl/α,β-unsaturated/α-hetero) is 1. The zero-order chi connectivity index (χ0) is 23.8. The molecule has 5 rings (SSSR count).